The summed E-state index contributed by atoms with van der Waals surface area (Å²) in [6.45, 7) is 1.43. The van der Waals surface area contributed by atoms with Gasteiger partial charge in [-0.25, -0.2) is 0 Å². The second kappa shape index (κ2) is 5.63. The number of aromatic amines is 1. The highest BCUT2D eigenvalue weighted by Gasteiger charge is 2.18. The van der Waals surface area contributed by atoms with Crippen LogP contribution in [0.1, 0.15) is 12.5 Å². The smallest absolute Gasteiger partial charge is 0.219 e. The molecule has 19 heavy (non-hydrogen) atoms. The van der Waals surface area contributed by atoms with Crippen molar-refractivity contribution in [3.05, 3.63) is 35.0 Å². The van der Waals surface area contributed by atoms with E-state index in [-0.39, 0.29) is 18.6 Å². The number of carbonyl (C=O) groups is 1. The normalized spacial score (nSPS) is 12.6. The fourth-order valence-electron chi connectivity index (χ4n) is 2.18. The molecule has 1 amide bonds. The van der Waals surface area contributed by atoms with E-state index in [0.717, 1.165) is 16.5 Å². The zero-order valence-corrected chi connectivity index (χ0v) is 11.7. The van der Waals surface area contributed by atoms with Crippen LogP contribution in [0.3, 0.4) is 0 Å². The van der Waals surface area contributed by atoms with Crippen LogP contribution in [0.5, 0.6) is 0 Å². The Balaban J connectivity index is 2.30. The Labute approximate surface area is 117 Å². The minimum Gasteiger partial charge on any atom is -0.394 e. The van der Waals surface area contributed by atoms with Gasteiger partial charge in [0.2, 0.25) is 5.91 Å². The molecule has 2 N–H and O–H groups in total. The average molecular weight is 281 g/mol. The molecular formula is C14H17ClN2O2. The lowest BCUT2D eigenvalue weighted by molar-refractivity contribution is -0.130. The SMILES string of the molecule is CC(=O)N(C)C(CO)Cc1c[nH]c2c(Cl)cccc12. The van der Waals surface area contributed by atoms with Gasteiger partial charge in [-0.05, 0) is 18.1 Å². The summed E-state index contributed by atoms with van der Waals surface area (Å²) in [6, 6.07) is 5.48. The number of nitrogens with zero attached hydrogens (tertiary/aromatic N) is 1. The molecule has 0 bridgehead atoms. The van der Waals surface area contributed by atoms with Crippen LogP contribution in [-0.2, 0) is 11.2 Å². The number of benzene rings is 1. The number of para-hydroxylation sites is 1. The van der Waals surface area contributed by atoms with Crippen molar-refractivity contribution in [2.75, 3.05) is 13.7 Å². The number of hydrogen-bond donors (Lipinski definition) is 2. The third kappa shape index (κ3) is 2.74. The molecule has 0 radical (unpaired) electrons. The van der Waals surface area contributed by atoms with Crippen LogP contribution in [0, 0.1) is 0 Å². The summed E-state index contributed by atoms with van der Waals surface area (Å²) in [5, 5.41) is 11.1. The lowest BCUT2D eigenvalue weighted by Gasteiger charge is -2.25. The van der Waals surface area contributed by atoms with E-state index in [1.807, 2.05) is 24.4 Å². The van der Waals surface area contributed by atoms with Crippen molar-refractivity contribution < 1.29 is 9.90 Å². The first-order valence-electron chi connectivity index (χ1n) is 6.13. The van der Waals surface area contributed by atoms with Gasteiger partial charge in [0, 0.05) is 25.6 Å². The van der Waals surface area contributed by atoms with E-state index in [1.54, 1.807) is 11.9 Å². The van der Waals surface area contributed by atoms with E-state index in [9.17, 15) is 9.90 Å². The molecule has 1 aromatic heterocycles. The summed E-state index contributed by atoms with van der Waals surface area (Å²) in [5.41, 5.74) is 1.94. The number of hydrogen-bond acceptors (Lipinski definition) is 2. The van der Waals surface area contributed by atoms with Crippen molar-refractivity contribution in [3.8, 4) is 0 Å². The first-order valence-corrected chi connectivity index (χ1v) is 6.51. The molecule has 0 saturated carbocycles. The zero-order valence-electron chi connectivity index (χ0n) is 11.0. The topological polar surface area (TPSA) is 56.3 Å². The van der Waals surface area contributed by atoms with Crippen molar-refractivity contribution in [2.45, 2.75) is 19.4 Å². The fourth-order valence-corrected chi connectivity index (χ4v) is 2.41. The first kappa shape index (κ1) is 13.9. The Morgan fingerprint density at radius 1 is 1.53 bits per heavy atom. The summed E-state index contributed by atoms with van der Waals surface area (Å²) in [6.07, 6.45) is 2.47. The summed E-state index contributed by atoms with van der Waals surface area (Å²) in [4.78, 5) is 16.1. The highest BCUT2D eigenvalue weighted by molar-refractivity contribution is 6.35. The highest BCUT2D eigenvalue weighted by atomic mass is 35.5. The number of aromatic nitrogens is 1. The van der Waals surface area contributed by atoms with Gasteiger partial charge in [-0.15, -0.1) is 0 Å². The largest absolute Gasteiger partial charge is 0.394 e. The number of carbonyl (C=O) groups excluding carboxylic acids is 1. The lowest BCUT2D eigenvalue weighted by atomic mass is 10.0. The predicted molar refractivity (Wildman–Crippen MR) is 76.3 cm³/mol. The van der Waals surface area contributed by atoms with Gasteiger partial charge < -0.3 is 15.0 Å². The maximum Gasteiger partial charge on any atom is 0.219 e. The summed E-state index contributed by atoms with van der Waals surface area (Å²) in [5.74, 6) is -0.0584. The van der Waals surface area contributed by atoms with E-state index < -0.39 is 0 Å². The van der Waals surface area contributed by atoms with Gasteiger partial charge in [0.25, 0.3) is 0 Å². The summed E-state index contributed by atoms with van der Waals surface area (Å²) in [7, 11) is 1.70. The van der Waals surface area contributed by atoms with Crippen LogP contribution in [-0.4, -0.2) is 40.6 Å². The highest BCUT2D eigenvalue weighted by Crippen LogP contribution is 2.26. The number of likely N-dealkylation sites (N-methyl/N-ethyl adjacent to an activating group) is 1. The molecule has 1 atom stereocenters. The van der Waals surface area contributed by atoms with Crippen molar-refractivity contribution in [3.63, 3.8) is 0 Å². The molecule has 1 unspecified atom stereocenters. The van der Waals surface area contributed by atoms with Crippen molar-refractivity contribution in [2.24, 2.45) is 0 Å². The number of fused-ring (bicyclic) bond motifs is 1. The maximum absolute atomic E-state index is 11.4. The molecule has 5 heteroatoms. The second-order valence-electron chi connectivity index (χ2n) is 4.65. The number of aliphatic hydroxyl groups is 1. The van der Waals surface area contributed by atoms with Gasteiger partial charge in [-0.1, -0.05) is 23.7 Å². The molecule has 1 aromatic carbocycles. The standard InChI is InChI=1S/C14H17ClN2O2/c1-9(19)17(2)11(8-18)6-10-7-16-14-12(10)4-3-5-13(14)15/h3-5,7,11,16,18H,6,8H2,1-2H3. The maximum atomic E-state index is 11.4. The molecule has 4 nitrogen and oxygen atoms in total. The molecular weight excluding hydrogens is 264 g/mol. The Morgan fingerprint density at radius 2 is 2.26 bits per heavy atom. The van der Waals surface area contributed by atoms with E-state index in [0.29, 0.717) is 11.4 Å². The molecule has 0 saturated heterocycles. The Kier molecular flexibility index (Phi) is 4.12. The van der Waals surface area contributed by atoms with Crippen LogP contribution in [0.15, 0.2) is 24.4 Å². The molecule has 2 rings (SSSR count). The Hall–Kier alpha value is -1.52. The Morgan fingerprint density at radius 3 is 2.89 bits per heavy atom. The number of rotatable bonds is 4. The fraction of sp³-hybridized carbons (Fsp3) is 0.357. The van der Waals surface area contributed by atoms with Gasteiger partial charge in [0.05, 0.1) is 23.2 Å². The second-order valence-corrected chi connectivity index (χ2v) is 5.05. The molecule has 0 aliphatic carbocycles. The number of H-pyrrole nitrogens is 1. The van der Waals surface area contributed by atoms with Crippen LogP contribution in [0.2, 0.25) is 5.02 Å². The predicted octanol–water partition coefficient (Wildman–Crippen LogP) is 2.20. The van der Waals surface area contributed by atoms with Gasteiger partial charge >= 0.3 is 0 Å². The van der Waals surface area contributed by atoms with Crippen molar-refractivity contribution >= 4 is 28.4 Å². The van der Waals surface area contributed by atoms with E-state index in [1.165, 1.54) is 6.92 Å². The van der Waals surface area contributed by atoms with Gasteiger partial charge in [0.15, 0.2) is 0 Å². The minimum absolute atomic E-state index is 0.0584. The number of halogens is 1. The molecule has 1 heterocycles. The zero-order chi connectivity index (χ0) is 14.0. The van der Waals surface area contributed by atoms with Crippen molar-refractivity contribution in [1.82, 2.24) is 9.88 Å². The van der Waals surface area contributed by atoms with E-state index in [2.05, 4.69) is 4.98 Å². The van der Waals surface area contributed by atoms with E-state index >= 15 is 0 Å². The average Bonchev–Trinajstić information content (AvgIpc) is 2.79. The monoisotopic (exact) mass is 280 g/mol. The first-order chi connectivity index (χ1) is 9.04. The molecule has 0 spiro atoms. The third-order valence-corrected chi connectivity index (χ3v) is 3.78. The van der Waals surface area contributed by atoms with Gasteiger partial charge in [-0.3, -0.25) is 4.79 Å². The molecule has 2 aromatic rings. The summed E-state index contributed by atoms with van der Waals surface area (Å²) < 4.78 is 0. The van der Waals surface area contributed by atoms with E-state index in [4.69, 9.17) is 11.6 Å². The molecule has 0 aliphatic heterocycles. The number of amides is 1. The van der Waals surface area contributed by atoms with Crippen LogP contribution in [0.25, 0.3) is 10.9 Å². The number of aliphatic hydroxyl groups excluding tert-OH is 1. The lowest BCUT2D eigenvalue weighted by Crippen LogP contribution is -2.39. The van der Waals surface area contributed by atoms with Crippen molar-refractivity contribution in [1.29, 1.82) is 0 Å². The molecule has 0 aliphatic rings. The third-order valence-electron chi connectivity index (χ3n) is 3.46. The molecule has 102 valence electrons. The van der Waals surface area contributed by atoms with Crippen LogP contribution in [0.4, 0.5) is 0 Å². The van der Waals surface area contributed by atoms with Crippen LogP contribution >= 0.6 is 11.6 Å². The van der Waals surface area contributed by atoms with Gasteiger partial charge in [-0.2, -0.15) is 0 Å². The molecule has 0 fully saturated rings. The Bertz CT molecular complexity index is 594. The number of nitrogens with one attached hydrogen (secondary N) is 1. The minimum atomic E-state index is -0.226. The quantitative estimate of drug-likeness (QED) is 0.902. The van der Waals surface area contributed by atoms with Crippen LogP contribution < -0.4 is 0 Å². The summed E-state index contributed by atoms with van der Waals surface area (Å²) >= 11 is 6.11. The van der Waals surface area contributed by atoms with Gasteiger partial charge in [0.1, 0.15) is 0 Å².